The molecule has 0 heteroatoms. The smallest absolute Gasteiger partial charge is 0.0292 e. The molecule has 2 saturated carbocycles. The quantitative estimate of drug-likeness (QED) is 0.584. The van der Waals surface area contributed by atoms with E-state index in [2.05, 4.69) is 20.8 Å². The normalized spacial score (nSPS) is 51.8. The molecule has 0 aliphatic heterocycles. The van der Waals surface area contributed by atoms with Crippen molar-refractivity contribution >= 4 is 0 Å². The Kier molecular flexibility index (Phi) is 1.97. The summed E-state index contributed by atoms with van der Waals surface area (Å²) < 4.78 is 0. The molecule has 0 aromatic carbocycles. The maximum Gasteiger partial charge on any atom is -0.0292 e. The monoisotopic (exact) mass is 166 g/mol. The molecule has 0 N–H and O–H groups in total. The first kappa shape index (κ1) is 8.59. The second kappa shape index (κ2) is 2.75. The minimum Gasteiger partial charge on any atom is -0.0654 e. The predicted octanol–water partition coefficient (Wildman–Crippen LogP) is 3.86. The van der Waals surface area contributed by atoms with Gasteiger partial charge < -0.3 is 0 Å². The van der Waals surface area contributed by atoms with Crippen molar-refractivity contribution in [2.24, 2.45) is 23.2 Å². The van der Waals surface area contributed by atoms with Crippen molar-refractivity contribution in [2.75, 3.05) is 0 Å². The molecule has 0 saturated heterocycles. The molecule has 0 spiro atoms. The first-order valence-electron chi connectivity index (χ1n) is 5.65. The Morgan fingerprint density at radius 3 is 2.75 bits per heavy atom. The zero-order valence-corrected chi connectivity index (χ0v) is 8.77. The molecule has 2 aliphatic rings. The van der Waals surface area contributed by atoms with Gasteiger partial charge >= 0.3 is 0 Å². The predicted molar refractivity (Wildman–Crippen MR) is 53.0 cm³/mol. The standard InChI is InChI=1S/C12H22/c1-4-5-10-7-12(3)8-11(12)6-9(10)2/h9-11H,4-8H2,1-3H3. The lowest BCUT2D eigenvalue weighted by Gasteiger charge is -2.32. The molecule has 2 aliphatic carbocycles. The van der Waals surface area contributed by atoms with E-state index in [9.17, 15) is 0 Å². The van der Waals surface area contributed by atoms with Crippen LogP contribution in [0, 0.1) is 23.2 Å². The van der Waals surface area contributed by atoms with Gasteiger partial charge in [0.25, 0.3) is 0 Å². The van der Waals surface area contributed by atoms with Gasteiger partial charge in [-0.1, -0.05) is 33.6 Å². The highest BCUT2D eigenvalue weighted by Gasteiger charge is 2.54. The van der Waals surface area contributed by atoms with Gasteiger partial charge in [-0.3, -0.25) is 0 Å². The van der Waals surface area contributed by atoms with Crippen LogP contribution in [0.5, 0.6) is 0 Å². The lowest BCUT2D eigenvalue weighted by Crippen LogP contribution is -2.22. The van der Waals surface area contributed by atoms with Gasteiger partial charge in [0.15, 0.2) is 0 Å². The highest BCUT2D eigenvalue weighted by atomic mass is 14.6. The summed E-state index contributed by atoms with van der Waals surface area (Å²) >= 11 is 0. The van der Waals surface area contributed by atoms with E-state index in [0.29, 0.717) is 0 Å². The van der Waals surface area contributed by atoms with Crippen molar-refractivity contribution in [1.29, 1.82) is 0 Å². The van der Waals surface area contributed by atoms with E-state index in [0.717, 1.165) is 23.2 Å². The summed E-state index contributed by atoms with van der Waals surface area (Å²) in [6, 6.07) is 0. The van der Waals surface area contributed by atoms with Crippen LogP contribution in [-0.2, 0) is 0 Å². The zero-order chi connectivity index (χ0) is 8.77. The van der Waals surface area contributed by atoms with Gasteiger partial charge in [-0.15, -0.1) is 0 Å². The molecule has 0 bridgehead atoms. The topological polar surface area (TPSA) is 0 Å². The molecule has 4 atom stereocenters. The van der Waals surface area contributed by atoms with Gasteiger partial charge in [0.2, 0.25) is 0 Å². The Morgan fingerprint density at radius 1 is 1.33 bits per heavy atom. The molecule has 2 rings (SSSR count). The Labute approximate surface area is 76.7 Å². The average Bonchev–Trinajstić information content (AvgIpc) is 2.61. The zero-order valence-electron chi connectivity index (χ0n) is 8.77. The summed E-state index contributed by atoms with van der Waals surface area (Å²) in [4.78, 5) is 0. The van der Waals surface area contributed by atoms with Crippen LogP contribution in [0.3, 0.4) is 0 Å². The van der Waals surface area contributed by atoms with Gasteiger partial charge in [0, 0.05) is 0 Å². The third-order valence-corrected chi connectivity index (χ3v) is 4.39. The van der Waals surface area contributed by atoms with E-state index >= 15 is 0 Å². The van der Waals surface area contributed by atoms with Crippen molar-refractivity contribution < 1.29 is 0 Å². The van der Waals surface area contributed by atoms with Gasteiger partial charge in [0.1, 0.15) is 0 Å². The second-order valence-electron chi connectivity index (χ2n) is 5.52. The molecule has 0 heterocycles. The molecule has 0 nitrogen and oxygen atoms in total. The van der Waals surface area contributed by atoms with E-state index in [1.54, 1.807) is 0 Å². The first-order valence-corrected chi connectivity index (χ1v) is 5.65. The van der Waals surface area contributed by atoms with Crippen LogP contribution in [-0.4, -0.2) is 0 Å². The van der Waals surface area contributed by atoms with Crippen LogP contribution in [0.15, 0.2) is 0 Å². The van der Waals surface area contributed by atoms with Crippen molar-refractivity contribution in [3.63, 3.8) is 0 Å². The van der Waals surface area contributed by atoms with Crippen LogP contribution in [0.2, 0.25) is 0 Å². The fraction of sp³-hybridized carbons (Fsp3) is 1.00. The van der Waals surface area contributed by atoms with Gasteiger partial charge in [-0.05, 0) is 42.4 Å². The number of hydrogen-bond acceptors (Lipinski definition) is 0. The highest BCUT2D eigenvalue weighted by molar-refractivity contribution is 5.04. The van der Waals surface area contributed by atoms with E-state index in [4.69, 9.17) is 0 Å². The molecule has 0 aromatic heterocycles. The molecule has 12 heavy (non-hydrogen) atoms. The fourth-order valence-corrected chi connectivity index (χ4v) is 3.32. The summed E-state index contributed by atoms with van der Waals surface area (Å²) in [6.45, 7) is 7.30. The number of hydrogen-bond donors (Lipinski definition) is 0. The SMILES string of the molecule is CCCC1CC2(C)CC2CC1C. The first-order chi connectivity index (χ1) is 5.65. The summed E-state index contributed by atoms with van der Waals surface area (Å²) in [7, 11) is 0. The van der Waals surface area contributed by atoms with Crippen molar-refractivity contribution in [3.05, 3.63) is 0 Å². The molecule has 4 unspecified atom stereocenters. The van der Waals surface area contributed by atoms with Gasteiger partial charge in [0.05, 0.1) is 0 Å². The number of rotatable bonds is 2. The Morgan fingerprint density at radius 2 is 2.08 bits per heavy atom. The van der Waals surface area contributed by atoms with Crippen LogP contribution >= 0.6 is 0 Å². The minimum atomic E-state index is 0.798. The van der Waals surface area contributed by atoms with Crippen molar-refractivity contribution in [1.82, 2.24) is 0 Å². The average molecular weight is 166 g/mol. The van der Waals surface area contributed by atoms with Gasteiger partial charge in [-0.25, -0.2) is 0 Å². The van der Waals surface area contributed by atoms with E-state index < -0.39 is 0 Å². The molecular weight excluding hydrogens is 144 g/mol. The maximum atomic E-state index is 2.51. The number of fused-ring (bicyclic) bond motifs is 1. The van der Waals surface area contributed by atoms with Crippen LogP contribution < -0.4 is 0 Å². The van der Waals surface area contributed by atoms with Crippen LogP contribution in [0.1, 0.15) is 52.9 Å². The van der Waals surface area contributed by atoms with Crippen LogP contribution in [0.25, 0.3) is 0 Å². The van der Waals surface area contributed by atoms with Gasteiger partial charge in [-0.2, -0.15) is 0 Å². The molecule has 0 aromatic rings. The summed E-state index contributed by atoms with van der Waals surface area (Å²) in [5.41, 5.74) is 0.798. The fourth-order valence-electron chi connectivity index (χ4n) is 3.32. The molecule has 0 radical (unpaired) electrons. The third kappa shape index (κ3) is 1.30. The Balaban J connectivity index is 1.95. The summed E-state index contributed by atoms with van der Waals surface area (Å²) in [5.74, 6) is 3.19. The molecular formula is C12H22. The largest absolute Gasteiger partial charge is 0.0654 e. The Bertz CT molecular complexity index is 173. The maximum absolute atomic E-state index is 2.51. The van der Waals surface area contributed by atoms with Crippen molar-refractivity contribution in [2.45, 2.75) is 52.9 Å². The highest BCUT2D eigenvalue weighted by Crippen LogP contribution is 2.64. The summed E-state index contributed by atoms with van der Waals surface area (Å²) in [5, 5.41) is 0. The van der Waals surface area contributed by atoms with E-state index in [-0.39, 0.29) is 0 Å². The molecule has 70 valence electrons. The lowest BCUT2D eigenvalue weighted by atomic mass is 9.73. The lowest BCUT2D eigenvalue weighted by molar-refractivity contribution is 0.183. The third-order valence-electron chi connectivity index (χ3n) is 4.39. The Hall–Kier alpha value is 0. The molecule has 0 amide bonds. The minimum absolute atomic E-state index is 0.798. The van der Waals surface area contributed by atoms with Crippen molar-refractivity contribution in [3.8, 4) is 0 Å². The van der Waals surface area contributed by atoms with E-state index in [1.807, 2.05) is 0 Å². The van der Waals surface area contributed by atoms with Crippen LogP contribution in [0.4, 0.5) is 0 Å². The second-order valence-corrected chi connectivity index (χ2v) is 5.52. The summed E-state index contributed by atoms with van der Waals surface area (Å²) in [6.07, 6.45) is 7.46. The molecule has 2 fully saturated rings. The van der Waals surface area contributed by atoms with E-state index in [1.165, 1.54) is 32.1 Å².